The maximum atomic E-state index is 12.6. The van der Waals surface area contributed by atoms with Crippen LogP contribution in [0.4, 0.5) is 0 Å². The van der Waals surface area contributed by atoms with Crippen LogP contribution < -0.4 is 14.9 Å². The Balaban J connectivity index is 1.56. The number of ether oxygens (including phenoxy) is 3. The molecule has 174 valence electrons. The number of benzene rings is 2. The molecule has 0 aliphatic carbocycles. The number of nitrogens with one attached hydrogen (secondary N) is 1. The molecule has 1 aliphatic heterocycles. The van der Waals surface area contributed by atoms with Crippen molar-refractivity contribution in [3.8, 4) is 11.5 Å². The number of rotatable bonds is 8. The van der Waals surface area contributed by atoms with Gasteiger partial charge in [0.15, 0.2) is 23.9 Å². The topological polar surface area (TPSA) is 111 Å². The molecular weight excluding hydrogens is 428 g/mol. The number of nitrogens with zero attached hydrogens (tertiary/aromatic N) is 1. The quantitative estimate of drug-likeness (QED) is 0.481. The van der Waals surface area contributed by atoms with Crippen LogP contribution in [0, 0.1) is 19.8 Å². The van der Waals surface area contributed by atoms with Crippen LogP contribution in [-0.2, 0) is 14.3 Å². The largest absolute Gasteiger partial charge is 0.493 e. The summed E-state index contributed by atoms with van der Waals surface area (Å²) >= 11 is 0. The third kappa shape index (κ3) is 5.49. The molecule has 2 aromatic carbocycles. The van der Waals surface area contributed by atoms with Crippen LogP contribution in [0.15, 0.2) is 36.4 Å². The fraction of sp³-hybridized carbons (Fsp3) is 0.333. The van der Waals surface area contributed by atoms with Gasteiger partial charge in [-0.3, -0.25) is 29.6 Å². The lowest BCUT2D eigenvalue weighted by atomic mass is 10.0. The van der Waals surface area contributed by atoms with Gasteiger partial charge in [-0.25, -0.2) is 0 Å². The highest BCUT2D eigenvalue weighted by Gasteiger charge is 2.36. The van der Waals surface area contributed by atoms with Crippen LogP contribution >= 0.6 is 0 Å². The van der Waals surface area contributed by atoms with E-state index < -0.39 is 30.3 Å². The first-order valence-electron chi connectivity index (χ1n) is 10.3. The number of hydrazine groups is 1. The molecule has 1 saturated heterocycles. The molecule has 1 fully saturated rings. The summed E-state index contributed by atoms with van der Waals surface area (Å²) in [4.78, 5) is 49.6. The van der Waals surface area contributed by atoms with E-state index in [2.05, 4.69) is 5.43 Å². The summed E-state index contributed by atoms with van der Waals surface area (Å²) in [5, 5.41) is 1.08. The first-order valence-corrected chi connectivity index (χ1v) is 10.3. The van der Waals surface area contributed by atoms with E-state index in [4.69, 9.17) is 14.2 Å². The van der Waals surface area contributed by atoms with Crippen molar-refractivity contribution in [2.75, 3.05) is 27.4 Å². The summed E-state index contributed by atoms with van der Waals surface area (Å²) in [5.74, 6) is -1.90. The smallest absolute Gasteiger partial charge is 0.311 e. The van der Waals surface area contributed by atoms with Gasteiger partial charge >= 0.3 is 5.97 Å². The fourth-order valence-electron chi connectivity index (χ4n) is 3.39. The molecule has 9 nitrogen and oxygen atoms in total. The highest BCUT2D eigenvalue weighted by Crippen LogP contribution is 2.27. The summed E-state index contributed by atoms with van der Waals surface area (Å²) in [7, 11) is 2.93. The van der Waals surface area contributed by atoms with Crippen molar-refractivity contribution in [1.29, 1.82) is 0 Å². The van der Waals surface area contributed by atoms with Crippen LogP contribution in [0.3, 0.4) is 0 Å². The minimum Gasteiger partial charge on any atom is -0.493 e. The van der Waals surface area contributed by atoms with Crippen LogP contribution in [0.1, 0.15) is 38.3 Å². The average molecular weight is 454 g/mol. The van der Waals surface area contributed by atoms with E-state index in [1.807, 2.05) is 19.9 Å². The normalized spacial score (nSPS) is 15.2. The van der Waals surface area contributed by atoms with Crippen molar-refractivity contribution in [3.63, 3.8) is 0 Å². The molecule has 0 saturated carbocycles. The number of amides is 2. The lowest BCUT2D eigenvalue weighted by molar-refractivity contribution is -0.147. The number of carbonyl (C=O) groups is 4. The summed E-state index contributed by atoms with van der Waals surface area (Å²) < 4.78 is 15.5. The lowest BCUT2D eigenvalue weighted by Crippen LogP contribution is -2.43. The Kier molecular flexibility index (Phi) is 7.32. The van der Waals surface area contributed by atoms with Gasteiger partial charge in [0.2, 0.25) is 5.91 Å². The molecule has 0 bridgehead atoms. The molecule has 1 atom stereocenters. The van der Waals surface area contributed by atoms with Gasteiger partial charge in [-0.2, -0.15) is 0 Å². The molecule has 1 N–H and O–H groups in total. The highest BCUT2D eigenvalue weighted by molar-refractivity contribution is 5.99. The molecule has 0 spiro atoms. The second-order valence-electron chi connectivity index (χ2n) is 7.75. The summed E-state index contributed by atoms with van der Waals surface area (Å²) in [6.45, 7) is 3.38. The van der Waals surface area contributed by atoms with E-state index in [9.17, 15) is 19.2 Å². The summed E-state index contributed by atoms with van der Waals surface area (Å²) in [6.07, 6.45) is -0.122. The molecule has 33 heavy (non-hydrogen) atoms. The number of esters is 1. The predicted molar refractivity (Wildman–Crippen MR) is 118 cm³/mol. The first-order chi connectivity index (χ1) is 15.7. The predicted octanol–water partition coefficient (Wildman–Crippen LogP) is 2.24. The third-order valence-corrected chi connectivity index (χ3v) is 5.52. The molecule has 3 rings (SSSR count). The SMILES string of the molecule is COc1ccc(C(=O)NN2C[C@@H](C(=O)OCC(=O)c3ccc(C)c(C)c3)CC2=O)cc1OC. The Morgan fingerprint density at radius 3 is 2.33 bits per heavy atom. The molecule has 1 heterocycles. The zero-order chi connectivity index (χ0) is 24.1. The van der Waals surface area contributed by atoms with Crippen molar-refractivity contribution in [1.82, 2.24) is 10.4 Å². The first kappa shape index (κ1) is 23.8. The van der Waals surface area contributed by atoms with Crippen LogP contribution in [0.2, 0.25) is 0 Å². The zero-order valence-corrected chi connectivity index (χ0v) is 19.0. The van der Waals surface area contributed by atoms with Crippen molar-refractivity contribution in [2.24, 2.45) is 5.92 Å². The summed E-state index contributed by atoms with van der Waals surface area (Å²) in [6, 6.07) is 9.85. The molecule has 2 aromatic rings. The highest BCUT2D eigenvalue weighted by atomic mass is 16.5. The number of Topliss-reactive ketones (excluding diaryl/α,β-unsaturated/α-hetero) is 1. The van der Waals surface area contributed by atoms with Crippen molar-refractivity contribution >= 4 is 23.6 Å². The van der Waals surface area contributed by atoms with E-state index >= 15 is 0 Å². The second kappa shape index (κ2) is 10.2. The minimum absolute atomic E-state index is 0.0471. The molecule has 2 amide bonds. The van der Waals surface area contributed by atoms with Crippen molar-refractivity contribution in [2.45, 2.75) is 20.3 Å². The number of methoxy groups -OCH3 is 2. The Hall–Kier alpha value is -3.88. The number of ketones is 1. The molecule has 0 radical (unpaired) electrons. The van der Waals surface area contributed by atoms with Gasteiger partial charge < -0.3 is 14.2 Å². The van der Waals surface area contributed by atoms with E-state index in [0.717, 1.165) is 16.1 Å². The Labute approximate surface area is 191 Å². The zero-order valence-electron chi connectivity index (χ0n) is 19.0. The maximum Gasteiger partial charge on any atom is 0.311 e. The third-order valence-electron chi connectivity index (χ3n) is 5.52. The van der Waals surface area contributed by atoms with E-state index in [0.29, 0.717) is 17.1 Å². The Morgan fingerprint density at radius 1 is 0.970 bits per heavy atom. The number of hydrogen-bond donors (Lipinski definition) is 1. The van der Waals surface area contributed by atoms with Crippen LogP contribution in [0.25, 0.3) is 0 Å². The average Bonchev–Trinajstić information content (AvgIpc) is 3.18. The van der Waals surface area contributed by atoms with Gasteiger partial charge in [0.1, 0.15) is 0 Å². The van der Waals surface area contributed by atoms with Crippen LogP contribution in [0.5, 0.6) is 11.5 Å². The van der Waals surface area contributed by atoms with Gasteiger partial charge in [-0.05, 0) is 49.2 Å². The van der Waals surface area contributed by atoms with Crippen molar-refractivity contribution in [3.05, 3.63) is 58.7 Å². The van der Waals surface area contributed by atoms with Crippen molar-refractivity contribution < 1.29 is 33.4 Å². The minimum atomic E-state index is -0.782. The number of aryl methyl sites for hydroxylation is 2. The number of carbonyl (C=O) groups excluding carboxylic acids is 4. The second-order valence-corrected chi connectivity index (χ2v) is 7.75. The van der Waals surface area contributed by atoms with E-state index in [-0.39, 0.29) is 24.3 Å². The van der Waals surface area contributed by atoms with E-state index in [1.54, 1.807) is 18.2 Å². The molecule has 0 aromatic heterocycles. The van der Waals surface area contributed by atoms with Gasteiger partial charge in [0.05, 0.1) is 26.7 Å². The van der Waals surface area contributed by atoms with E-state index in [1.165, 1.54) is 26.4 Å². The van der Waals surface area contributed by atoms with Gasteiger partial charge in [-0.15, -0.1) is 0 Å². The van der Waals surface area contributed by atoms with Gasteiger partial charge in [0.25, 0.3) is 5.91 Å². The lowest BCUT2D eigenvalue weighted by Gasteiger charge is -2.18. The van der Waals surface area contributed by atoms with Gasteiger partial charge in [-0.1, -0.05) is 12.1 Å². The standard InChI is InChI=1S/C24H26N2O7/c1-14-5-6-16(9-15(14)2)19(27)13-33-24(30)18-11-22(28)26(12-18)25-23(29)17-7-8-20(31-3)21(10-17)32-4/h5-10,18H,11-13H2,1-4H3,(H,25,29)/t18-/m0/s1. The Bertz CT molecular complexity index is 1100. The molecule has 1 aliphatic rings. The Morgan fingerprint density at radius 2 is 1.67 bits per heavy atom. The number of hydrogen-bond acceptors (Lipinski definition) is 7. The monoisotopic (exact) mass is 454 g/mol. The van der Waals surface area contributed by atoms with Gasteiger partial charge in [0, 0.05) is 17.5 Å². The maximum absolute atomic E-state index is 12.6. The van der Waals surface area contributed by atoms with Crippen LogP contribution in [-0.4, -0.2) is 55.9 Å². The molecule has 9 heteroatoms. The fourth-order valence-corrected chi connectivity index (χ4v) is 3.39. The molecule has 0 unspecified atom stereocenters. The molecular formula is C24H26N2O7. The summed E-state index contributed by atoms with van der Waals surface area (Å²) in [5.41, 5.74) is 5.23.